The van der Waals surface area contributed by atoms with Gasteiger partial charge in [0.1, 0.15) is 6.33 Å². The maximum atomic E-state index is 5.50. The molecule has 0 unspecified atom stereocenters. The highest BCUT2D eigenvalue weighted by Crippen LogP contribution is 2.43. The van der Waals surface area contributed by atoms with Crippen molar-refractivity contribution in [2.75, 3.05) is 49.6 Å². The Balaban J connectivity index is 1.19. The summed E-state index contributed by atoms with van der Waals surface area (Å²) in [4.78, 5) is 17.8. The lowest BCUT2D eigenvalue weighted by Crippen LogP contribution is -2.61. The zero-order chi connectivity index (χ0) is 20.6. The van der Waals surface area contributed by atoms with E-state index in [2.05, 4.69) is 53.4 Å². The lowest BCUT2D eigenvalue weighted by molar-refractivity contribution is 0.0105. The number of anilines is 3. The van der Waals surface area contributed by atoms with Crippen molar-refractivity contribution < 1.29 is 4.74 Å². The normalized spacial score (nSPS) is 19.9. The van der Waals surface area contributed by atoms with E-state index >= 15 is 0 Å². The Morgan fingerprint density at radius 2 is 1.87 bits per heavy atom. The maximum Gasteiger partial charge on any atom is 0.247 e. The first-order valence-corrected chi connectivity index (χ1v) is 11.0. The second-order valence-electron chi connectivity index (χ2n) is 8.50. The van der Waals surface area contributed by atoms with Crippen LogP contribution in [0.5, 0.6) is 0 Å². The van der Waals surface area contributed by atoms with Gasteiger partial charge < -0.3 is 15.0 Å². The van der Waals surface area contributed by atoms with Crippen LogP contribution in [0.2, 0.25) is 0 Å². The van der Waals surface area contributed by atoms with E-state index in [1.54, 1.807) is 29.6 Å². The zero-order valence-corrected chi connectivity index (χ0v) is 17.4. The Morgan fingerprint density at radius 3 is 2.65 bits per heavy atom. The van der Waals surface area contributed by atoms with E-state index in [9.17, 15) is 0 Å². The van der Waals surface area contributed by atoms with Gasteiger partial charge in [0, 0.05) is 56.0 Å². The van der Waals surface area contributed by atoms with Crippen LogP contribution in [0.15, 0.2) is 43.1 Å². The van der Waals surface area contributed by atoms with Crippen LogP contribution in [0, 0.1) is 0 Å². The fourth-order valence-corrected chi connectivity index (χ4v) is 4.35. The summed E-state index contributed by atoms with van der Waals surface area (Å²) in [6.45, 7) is 5.97. The quantitative estimate of drug-likeness (QED) is 0.652. The largest absolute Gasteiger partial charge is 0.379 e. The van der Waals surface area contributed by atoms with Crippen molar-refractivity contribution in [2.24, 2.45) is 0 Å². The molecule has 6 rings (SSSR count). The molecule has 1 aromatic carbocycles. The van der Waals surface area contributed by atoms with E-state index in [0.29, 0.717) is 23.7 Å². The molecule has 2 aliphatic heterocycles. The summed E-state index contributed by atoms with van der Waals surface area (Å²) < 4.78 is 7.13. The number of ether oxygens (including phenoxy) is 1. The van der Waals surface area contributed by atoms with Gasteiger partial charge in [-0.25, -0.2) is 4.98 Å². The number of hydrogen-bond acceptors (Lipinski definition) is 8. The molecule has 2 aromatic heterocycles. The number of morpholine rings is 1. The molecule has 31 heavy (non-hydrogen) atoms. The average Bonchev–Trinajstić information content (AvgIpc) is 3.53. The molecule has 1 N–H and O–H groups in total. The van der Waals surface area contributed by atoms with Crippen molar-refractivity contribution >= 4 is 17.3 Å². The van der Waals surface area contributed by atoms with Crippen LogP contribution in [0.4, 0.5) is 17.3 Å². The van der Waals surface area contributed by atoms with Crippen LogP contribution in [0.1, 0.15) is 24.3 Å². The number of benzene rings is 1. The standard InChI is InChI=1S/C22H26N8O/c1-2-16(1)17-9-18(26-22-25-15-30(27-22)21-12-23-3-4-24-21)11-19(10-17)29-13-20(14-29)28-5-7-31-8-6-28/h3-4,9-12,15-16,20H,1-2,5-8,13-14H2,(H,26,27). The van der Waals surface area contributed by atoms with E-state index in [1.807, 2.05) is 0 Å². The summed E-state index contributed by atoms with van der Waals surface area (Å²) in [5.41, 5.74) is 3.72. The third kappa shape index (κ3) is 3.98. The predicted octanol–water partition coefficient (Wildman–Crippen LogP) is 2.20. The fraction of sp³-hybridized carbons (Fsp3) is 0.455. The van der Waals surface area contributed by atoms with Crippen LogP contribution in [0.3, 0.4) is 0 Å². The zero-order valence-electron chi connectivity index (χ0n) is 17.4. The van der Waals surface area contributed by atoms with Gasteiger partial charge in [0.15, 0.2) is 5.82 Å². The molecule has 0 radical (unpaired) electrons. The van der Waals surface area contributed by atoms with E-state index in [-0.39, 0.29) is 0 Å². The molecular weight excluding hydrogens is 392 g/mol. The van der Waals surface area contributed by atoms with Gasteiger partial charge >= 0.3 is 0 Å². The third-order valence-electron chi connectivity index (χ3n) is 6.31. The van der Waals surface area contributed by atoms with Gasteiger partial charge in [-0.15, -0.1) is 5.10 Å². The SMILES string of the molecule is c1cnc(-n2cnc(Nc3cc(C4CC4)cc(N4CC(N5CCOCC5)C4)c3)n2)cn1. The third-order valence-corrected chi connectivity index (χ3v) is 6.31. The number of rotatable bonds is 6. The Bertz CT molecular complexity index is 1040. The van der Waals surface area contributed by atoms with Gasteiger partial charge in [0.2, 0.25) is 5.95 Å². The molecule has 3 fully saturated rings. The van der Waals surface area contributed by atoms with Gasteiger partial charge in [0.25, 0.3) is 0 Å². The van der Waals surface area contributed by atoms with Crippen molar-refractivity contribution in [2.45, 2.75) is 24.8 Å². The summed E-state index contributed by atoms with van der Waals surface area (Å²) >= 11 is 0. The van der Waals surface area contributed by atoms with Gasteiger partial charge in [-0.05, 0) is 42.5 Å². The van der Waals surface area contributed by atoms with Gasteiger partial charge in [0.05, 0.1) is 19.4 Å². The monoisotopic (exact) mass is 418 g/mol. The van der Waals surface area contributed by atoms with Crippen molar-refractivity contribution in [3.63, 3.8) is 0 Å². The van der Waals surface area contributed by atoms with E-state index in [0.717, 1.165) is 45.1 Å². The van der Waals surface area contributed by atoms with Crippen molar-refractivity contribution in [3.8, 4) is 5.82 Å². The van der Waals surface area contributed by atoms with Crippen LogP contribution in [-0.4, -0.2) is 75.1 Å². The molecule has 0 spiro atoms. The summed E-state index contributed by atoms with van der Waals surface area (Å²) in [7, 11) is 0. The lowest BCUT2D eigenvalue weighted by atomic mass is 10.0. The topological polar surface area (TPSA) is 84.2 Å². The minimum atomic E-state index is 0.555. The molecule has 1 aliphatic carbocycles. The molecule has 2 saturated heterocycles. The van der Waals surface area contributed by atoms with E-state index < -0.39 is 0 Å². The first-order valence-electron chi connectivity index (χ1n) is 11.0. The Morgan fingerprint density at radius 1 is 1.00 bits per heavy atom. The maximum absolute atomic E-state index is 5.50. The van der Waals surface area contributed by atoms with E-state index in [4.69, 9.17) is 4.74 Å². The molecule has 3 aromatic rings. The fourth-order valence-electron chi connectivity index (χ4n) is 4.35. The molecule has 9 nitrogen and oxygen atoms in total. The second kappa shape index (κ2) is 7.90. The molecule has 160 valence electrons. The molecule has 0 bridgehead atoms. The Labute approximate surface area is 181 Å². The second-order valence-corrected chi connectivity index (χ2v) is 8.50. The molecular formula is C22H26N8O. The van der Waals surface area contributed by atoms with Crippen molar-refractivity contribution in [1.29, 1.82) is 0 Å². The van der Waals surface area contributed by atoms with E-state index in [1.165, 1.54) is 24.1 Å². The average molecular weight is 419 g/mol. The van der Waals surface area contributed by atoms with Crippen molar-refractivity contribution in [3.05, 3.63) is 48.7 Å². The molecule has 9 heteroatoms. The van der Waals surface area contributed by atoms with Crippen LogP contribution in [0.25, 0.3) is 5.82 Å². The number of nitrogens with zero attached hydrogens (tertiary/aromatic N) is 7. The summed E-state index contributed by atoms with van der Waals surface area (Å²) in [5, 5.41) is 7.90. The molecule has 3 aliphatic rings. The Kier molecular flexibility index (Phi) is 4.77. The summed E-state index contributed by atoms with van der Waals surface area (Å²) in [6.07, 6.45) is 9.16. The number of hydrogen-bond donors (Lipinski definition) is 1. The van der Waals surface area contributed by atoms with Crippen LogP contribution >= 0.6 is 0 Å². The highest BCUT2D eigenvalue weighted by Gasteiger charge is 2.33. The van der Waals surface area contributed by atoms with Crippen molar-refractivity contribution in [1.82, 2.24) is 29.6 Å². The molecule has 0 amide bonds. The molecule has 4 heterocycles. The molecule has 0 atom stereocenters. The summed E-state index contributed by atoms with van der Waals surface area (Å²) in [6, 6.07) is 7.45. The predicted molar refractivity (Wildman–Crippen MR) is 117 cm³/mol. The van der Waals surface area contributed by atoms with Crippen LogP contribution in [-0.2, 0) is 4.74 Å². The number of nitrogens with one attached hydrogen (secondary N) is 1. The summed E-state index contributed by atoms with van der Waals surface area (Å²) in [5.74, 6) is 1.88. The lowest BCUT2D eigenvalue weighted by Gasteiger charge is -2.48. The first kappa shape index (κ1) is 18.7. The smallest absolute Gasteiger partial charge is 0.247 e. The molecule has 1 saturated carbocycles. The highest BCUT2D eigenvalue weighted by molar-refractivity contribution is 5.65. The minimum Gasteiger partial charge on any atom is -0.379 e. The van der Waals surface area contributed by atoms with Gasteiger partial charge in [-0.2, -0.15) is 9.67 Å². The number of aromatic nitrogens is 5. The van der Waals surface area contributed by atoms with Crippen LogP contribution < -0.4 is 10.2 Å². The van der Waals surface area contributed by atoms with Gasteiger partial charge in [-0.3, -0.25) is 9.88 Å². The minimum absolute atomic E-state index is 0.555. The first-order chi connectivity index (χ1) is 15.3. The van der Waals surface area contributed by atoms with Gasteiger partial charge in [-0.1, -0.05) is 0 Å². The Hall–Kier alpha value is -3.04. The highest BCUT2D eigenvalue weighted by atomic mass is 16.5.